The molecule has 0 radical (unpaired) electrons. The molecule has 2 aliphatic heterocycles. The lowest BCUT2D eigenvalue weighted by atomic mass is 10.1. The molecule has 0 N–H and O–H groups in total. The van der Waals surface area contributed by atoms with Crippen LogP contribution in [0.5, 0.6) is 5.75 Å². The van der Waals surface area contributed by atoms with Gasteiger partial charge in [-0.1, -0.05) is 36.9 Å². The van der Waals surface area contributed by atoms with Gasteiger partial charge in [0.05, 0.1) is 24.7 Å². The van der Waals surface area contributed by atoms with E-state index in [1.165, 1.54) is 11.8 Å². The van der Waals surface area contributed by atoms with Gasteiger partial charge in [0, 0.05) is 23.8 Å². The molecule has 130 valence electrons. The van der Waals surface area contributed by atoms with Crippen molar-refractivity contribution in [2.24, 2.45) is 4.99 Å². The van der Waals surface area contributed by atoms with Crippen molar-refractivity contribution in [3.63, 3.8) is 0 Å². The number of amides is 1. The molecule has 2 saturated heterocycles. The zero-order chi connectivity index (χ0) is 17.3. The number of thioether (sulfide) groups is 1. The van der Waals surface area contributed by atoms with Crippen molar-refractivity contribution in [3.05, 3.63) is 29.8 Å². The fourth-order valence-electron chi connectivity index (χ4n) is 3.02. The lowest BCUT2D eigenvalue weighted by Gasteiger charge is -2.25. The van der Waals surface area contributed by atoms with Crippen LogP contribution in [0, 0.1) is 0 Å². The van der Waals surface area contributed by atoms with Gasteiger partial charge >= 0.3 is 0 Å². The highest BCUT2D eigenvalue weighted by Gasteiger charge is 2.48. The summed E-state index contributed by atoms with van der Waals surface area (Å²) in [5.41, 5.74) is 0.946. The zero-order valence-corrected chi connectivity index (χ0v) is 15.3. The third-order valence-corrected chi connectivity index (χ3v) is 7.48. The maximum absolute atomic E-state index is 12.0. The topological polar surface area (TPSA) is 76.0 Å². The number of hydrogen-bond acceptors (Lipinski definition) is 5. The summed E-state index contributed by atoms with van der Waals surface area (Å²) in [4.78, 5) is 17.9. The summed E-state index contributed by atoms with van der Waals surface area (Å²) < 4.78 is 29.3. The Hall–Kier alpha value is -1.54. The van der Waals surface area contributed by atoms with Gasteiger partial charge in [0.1, 0.15) is 5.75 Å². The number of carbonyl (C=O) groups is 1. The maximum atomic E-state index is 12.0. The van der Waals surface area contributed by atoms with Crippen LogP contribution in [-0.2, 0) is 21.2 Å². The first-order chi connectivity index (χ1) is 11.4. The molecular formula is C16H20N2O4S2. The summed E-state index contributed by atoms with van der Waals surface area (Å²) in [6.45, 7) is 2.24. The van der Waals surface area contributed by atoms with Crippen molar-refractivity contribution in [2.75, 3.05) is 18.6 Å². The molecule has 1 amide bonds. The number of para-hydroxylation sites is 1. The van der Waals surface area contributed by atoms with E-state index in [1.54, 1.807) is 14.0 Å². The van der Waals surface area contributed by atoms with Gasteiger partial charge in [0.15, 0.2) is 15.0 Å². The van der Waals surface area contributed by atoms with Crippen molar-refractivity contribution in [1.82, 2.24) is 4.90 Å². The number of aliphatic imine (C=N–C) groups is 1. The summed E-state index contributed by atoms with van der Waals surface area (Å²) in [6.07, 6.45) is 0.334. The Morgan fingerprint density at radius 1 is 1.38 bits per heavy atom. The number of nitrogens with zero attached hydrogens (tertiary/aromatic N) is 2. The van der Waals surface area contributed by atoms with Crippen LogP contribution in [0.1, 0.15) is 18.9 Å². The van der Waals surface area contributed by atoms with Crippen LogP contribution in [0.3, 0.4) is 0 Å². The molecule has 1 aromatic carbocycles. The van der Waals surface area contributed by atoms with Gasteiger partial charge < -0.3 is 9.64 Å². The molecule has 0 bridgehead atoms. The molecule has 2 heterocycles. The van der Waals surface area contributed by atoms with Gasteiger partial charge in [-0.05, 0) is 6.07 Å². The van der Waals surface area contributed by atoms with E-state index in [0.29, 0.717) is 18.1 Å². The Kier molecular flexibility index (Phi) is 4.87. The number of benzene rings is 1. The van der Waals surface area contributed by atoms with Crippen LogP contribution in [0.2, 0.25) is 0 Å². The lowest BCUT2D eigenvalue weighted by Crippen LogP contribution is -2.37. The van der Waals surface area contributed by atoms with E-state index in [0.717, 1.165) is 11.3 Å². The number of fused-ring (bicyclic) bond motifs is 1. The van der Waals surface area contributed by atoms with Gasteiger partial charge in [-0.25, -0.2) is 8.42 Å². The number of hydrogen-bond donors (Lipinski definition) is 0. The van der Waals surface area contributed by atoms with Crippen LogP contribution in [0.4, 0.5) is 0 Å². The molecule has 0 saturated carbocycles. The van der Waals surface area contributed by atoms with E-state index < -0.39 is 9.84 Å². The molecule has 0 spiro atoms. The van der Waals surface area contributed by atoms with Gasteiger partial charge in [0.2, 0.25) is 5.91 Å². The monoisotopic (exact) mass is 368 g/mol. The minimum absolute atomic E-state index is 0.0619. The average molecular weight is 368 g/mol. The fraction of sp³-hybridized carbons (Fsp3) is 0.500. The summed E-state index contributed by atoms with van der Waals surface area (Å²) in [6, 6.07) is 7.47. The van der Waals surface area contributed by atoms with Gasteiger partial charge in [-0.2, -0.15) is 4.99 Å². The summed E-state index contributed by atoms with van der Waals surface area (Å²) in [5, 5.41) is 0.561. The first-order valence-electron chi connectivity index (χ1n) is 7.80. The van der Waals surface area contributed by atoms with Gasteiger partial charge in [0.25, 0.3) is 0 Å². The van der Waals surface area contributed by atoms with Gasteiger partial charge in [-0.15, -0.1) is 0 Å². The summed E-state index contributed by atoms with van der Waals surface area (Å²) in [7, 11) is -1.43. The molecule has 6 nitrogen and oxygen atoms in total. The van der Waals surface area contributed by atoms with Crippen molar-refractivity contribution in [2.45, 2.75) is 31.2 Å². The second-order valence-electron chi connectivity index (χ2n) is 5.88. The molecule has 2 aliphatic rings. The van der Waals surface area contributed by atoms with Crippen LogP contribution < -0.4 is 4.74 Å². The Morgan fingerprint density at radius 3 is 2.83 bits per heavy atom. The van der Waals surface area contributed by atoms with Crippen molar-refractivity contribution in [3.8, 4) is 5.75 Å². The number of amidine groups is 1. The molecule has 2 fully saturated rings. The Morgan fingerprint density at radius 2 is 2.12 bits per heavy atom. The quantitative estimate of drug-likeness (QED) is 0.805. The smallest absolute Gasteiger partial charge is 0.247 e. The molecule has 1 aromatic rings. The Bertz CT molecular complexity index is 776. The standard InChI is InChI=1S/C16H20N2O4S2/c1-3-15(19)17-16-18(8-11-6-4-5-7-13(11)22-2)12-9-24(20,21)10-14(12)23-16/h4-7,12,14H,3,8-10H2,1-2H3/t12-,14+/m0/s1. The van der Waals surface area contributed by atoms with E-state index in [2.05, 4.69) is 4.99 Å². The van der Waals surface area contributed by atoms with E-state index in [4.69, 9.17) is 4.74 Å². The van der Waals surface area contributed by atoms with Gasteiger partial charge in [-0.3, -0.25) is 4.79 Å². The van der Waals surface area contributed by atoms with Crippen LogP contribution >= 0.6 is 11.8 Å². The van der Waals surface area contributed by atoms with Crippen molar-refractivity contribution < 1.29 is 17.9 Å². The maximum Gasteiger partial charge on any atom is 0.247 e. The SMILES string of the molecule is CCC(=O)N=C1S[C@@H]2CS(=O)(=O)C[C@@H]2N1Cc1ccccc1OC. The summed E-state index contributed by atoms with van der Waals surface area (Å²) in [5.74, 6) is 0.807. The molecular weight excluding hydrogens is 348 g/mol. The highest BCUT2D eigenvalue weighted by atomic mass is 32.2. The van der Waals surface area contributed by atoms with E-state index in [9.17, 15) is 13.2 Å². The molecule has 0 aliphatic carbocycles. The first-order valence-corrected chi connectivity index (χ1v) is 10.5. The molecule has 0 unspecified atom stereocenters. The molecule has 0 aromatic heterocycles. The van der Waals surface area contributed by atoms with E-state index in [-0.39, 0.29) is 28.7 Å². The predicted molar refractivity (Wildman–Crippen MR) is 95.1 cm³/mol. The lowest BCUT2D eigenvalue weighted by molar-refractivity contribution is -0.117. The number of carbonyl (C=O) groups excluding carboxylic acids is 1. The molecule has 2 atom stereocenters. The van der Waals surface area contributed by atoms with E-state index >= 15 is 0 Å². The zero-order valence-electron chi connectivity index (χ0n) is 13.6. The molecule has 24 heavy (non-hydrogen) atoms. The van der Waals surface area contributed by atoms with Crippen LogP contribution in [0.25, 0.3) is 0 Å². The fourth-order valence-corrected chi connectivity index (χ4v) is 6.99. The number of ether oxygens (including phenoxy) is 1. The Labute approximate surface area is 146 Å². The third-order valence-electron chi connectivity index (χ3n) is 4.23. The minimum Gasteiger partial charge on any atom is -0.496 e. The molecule has 8 heteroatoms. The molecule has 3 rings (SSSR count). The number of methoxy groups -OCH3 is 1. The van der Waals surface area contributed by atoms with Crippen molar-refractivity contribution in [1.29, 1.82) is 0 Å². The van der Waals surface area contributed by atoms with Crippen LogP contribution in [-0.4, -0.2) is 54.3 Å². The van der Waals surface area contributed by atoms with E-state index in [1.807, 2.05) is 29.2 Å². The highest BCUT2D eigenvalue weighted by Crippen LogP contribution is 2.39. The second-order valence-corrected chi connectivity index (χ2v) is 9.24. The number of rotatable bonds is 4. The number of sulfone groups is 1. The third kappa shape index (κ3) is 3.44. The predicted octanol–water partition coefficient (Wildman–Crippen LogP) is 1.70. The second kappa shape index (κ2) is 6.76. The minimum atomic E-state index is -3.04. The van der Waals surface area contributed by atoms with Crippen molar-refractivity contribution >= 4 is 32.7 Å². The normalized spacial score (nSPS) is 26.6. The van der Waals surface area contributed by atoms with Crippen LogP contribution in [0.15, 0.2) is 29.3 Å². The summed E-state index contributed by atoms with van der Waals surface area (Å²) >= 11 is 1.40. The highest BCUT2D eigenvalue weighted by molar-refractivity contribution is 8.15. The Balaban J connectivity index is 1.93. The largest absolute Gasteiger partial charge is 0.496 e. The first kappa shape index (κ1) is 17.3. The average Bonchev–Trinajstić information content (AvgIpc) is 3.00.